The second kappa shape index (κ2) is 11.4. The van der Waals surface area contributed by atoms with E-state index in [1.807, 2.05) is 0 Å². The summed E-state index contributed by atoms with van der Waals surface area (Å²) in [5, 5.41) is 14.6. The minimum Gasteiger partial charge on any atom is -0.493 e. The van der Waals surface area contributed by atoms with Gasteiger partial charge < -0.3 is 24.3 Å². The maximum absolute atomic E-state index is 13.5. The summed E-state index contributed by atoms with van der Waals surface area (Å²) >= 11 is 0. The van der Waals surface area contributed by atoms with Crippen molar-refractivity contribution in [2.75, 3.05) is 21.3 Å². The number of nitrogens with zero attached hydrogens (tertiary/aromatic N) is 2. The number of hydrogen-bond acceptors (Lipinski definition) is 9. The molecule has 0 saturated heterocycles. The van der Waals surface area contributed by atoms with Gasteiger partial charge in [0.2, 0.25) is 11.7 Å². The zero-order valence-corrected chi connectivity index (χ0v) is 22.1. The molecule has 2 aromatic rings. The van der Waals surface area contributed by atoms with Crippen molar-refractivity contribution in [2.45, 2.75) is 51.3 Å². The number of amides is 2. The van der Waals surface area contributed by atoms with E-state index >= 15 is 0 Å². The number of nitro benzene ring substituents is 1. The van der Waals surface area contributed by atoms with Crippen molar-refractivity contribution in [3.8, 4) is 17.2 Å². The highest BCUT2D eigenvalue weighted by Crippen LogP contribution is 2.38. The number of nitrogens with one attached hydrogen (secondary N) is 1. The lowest BCUT2D eigenvalue weighted by atomic mass is 10.0. The molecule has 0 radical (unpaired) electrons. The van der Waals surface area contributed by atoms with Gasteiger partial charge in [-0.25, -0.2) is 9.59 Å². The Morgan fingerprint density at radius 3 is 2.34 bits per heavy atom. The van der Waals surface area contributed by atoms with Gasteiger partial charge in [0.05, 0.1) is 19.1 Å². The minimum atomic E-state index is -1.17. The molecule has 2 aliphatic rings. The van der Waals surface area contributed by atoms with Crippen molar-refractivity contribution >= 4 is 23.7 Å². The van der Waals surface area contributed by atoms with Crippen LogP contribution >= 0.6 is 0 Å². The van der Waals surface area contributed by atoms with Gasteiger partial charge in [0.1, 0.15) is 17.7 Å². The van der Waals surface area contributed by atoms with Crippen LogP contribution in [0.2, 0.25) is 0 Å². The van der Waals surface area contributed by atoms with E-state index < -0.39 is 40.6 Å². The van der Waals surface area contributed by atoms with E-state index in [4.69, 9.17) is 18.9 Å². The van der Waals surface area contributed by atoms with Crippen LogP contribution in [0.4, 0.5) is 10.5 Å². The average molecular weight is 530 g/mol. The van der Waals surface area contributed by atoms with Gasteiger partial charge in [0, 0.05) is 26.0 Å². The predicted molar refractivity (Wildman–Crippen MR) is 135 cm³/mol. The van der Waals surface area contributed by atoms with E-state index in [0.29, 0.717) is 16.9 Å². The third-order valence-electron chi connectivity index (χ3n) is 5.79. The van der Waals surface area contributed by atoms with Crippen LogP contribution in [0.25, 0.3) is 0 Å². The number of fused-ring (bicyclic) bond motifs is 7. The Morgan fingerprint density at radius 2 is 1.74 bits per heavy atom. The molecular formula is C26H31N3O9. The van der Waals surface area contributed by atoms with Crippen molar-refractivity contribution in [1.29, 1.82) is 0 Å². The van der Waals surface area contributed by atoms with Gasteiger partial charge in [0.15, 0.2) is 11.5 Å². The summed E-state index contributed by atoms with van der Waals surface area (Å²) < 4.78 is 21.6. The molecule has 12 heteroatoms. The number of hydrogen-bond donors (Lipinski definition) is 1. The fraction of sp³-hybridized carbons (Fsp3) is 0.423. The van der Waals surface area contributed by atoms with Gasteiger partial charge in [-0.15, -0.1) is 0 Å². The summed E-state index contributed by atoms with van der Waals surface area (Å²) in [4.78, 5) is 51.4. The number of nitro groups is 1. The van der Waals surface area contributed by atoms with Crippen LogP contribution in [-0.4, -0.2) is 66.7 Å². The molecule has 2 atom stereocenters. The number of rotatable bonds is 4. The molecule has 4 bridgehead atoms. The Balaban J connectivity index is 2.15. The maximum Gasteiger partial charge on any atom is 0.410 e. The quantitative estimate of drug-likeness (QED) is 0.358. The van der Waals surface area contributed by atoms with Gasteiger partial charge in [-0.1, -0.05) is 12.1 Å². The molecule has 12 nitrogen and oxygen atoms in total. The van der Waals surface area contributed by atoms with Gasteiger partial charge in [-0.05, 0) is 50.1 Å². The third kappa shape index (κ3) is 6.69. The Hall–Kier alpha value is -4.35. The standard InChI is InChI=1S/C26H31N3O9/c1-26(2,3)38-25(32)28(4)19-13-16-7-9-20(18(12-16)29(33)34)37-22-14-15(8-10-21(22)35-5)11-17(24(31)36-6)27-23(19)30/h7-10,12,14,17,19H,11,13H2,1-6H3,(H,27,30)/t17-,19?/m0/s1. The van der Waals surface area contributed by atoms with E-state index in [-0.39, 0.29) is 30.0 Å². The van der Waals surface area contributed by atoms with Crippen molar-refractivity contribution in [3.05, 3.63) is 57.6 Å². The first-order chi connectivity index (χ1) is 17.8. The van der Waals surface area contributed by atoms with Gasteiger partial charge >= 0.3 is 17.7 Å². The lowest BCUT2D eigenvalue weighted by Gasteiger charge is -2.31. The van der Waals surface area contributed by atoms with Crippen LogP contribution in [0.5, 0.6) is 17.2 Å². The Kier molecular flexibility index (Phi) is 8.44. The largest absolute Gasteiger partial charge is 0.493 e. The predicted octanol–water partition coefficient (Wildman–Crippen LogP) is 3.39. The third-order valence-corrected chi connectivity index (χ3v) is 5.79. The molecule has 2 heterocycles. The van der Waals surface area contributed by atoms with Crippen LogP contribution in [0.3, 0.4) is 0 Å². The fourth-order valence-corrected chi connectivity index (χ4v) is 3.89. The summed E-state index contributed by atoms with van der Waals surface area (Å²) in [6.07, 6.45) is -0.866. The molecule has 204 valence electrons. The number of benzene rings is 2. The van der Waals surface area contributed by atoms with Crippen LogP contribution in [0.15, 0.2) is 36.4 Å². The monoisotopic (exact) mass is 529 g/mol. The normalized spacial score (nSPS) is 17.4. The summed E-state index contributed by atoms with van der Waals surface area (Å²) in [6.45, 7) is 5.06. The molecule has 0 spiro atoms. The highest BCUT2D eigenvalue weighted by Gasteiger charge is 2.34. The van der Waals surface area contributed by atoms with Crippen LogP contribution in [0.1, 0.15) is 31.9 Å². The molecule has 4 rings (SSSR count). The van der Waals surface area contributed by atoms with E-state index in [9.17, 15) is 24.5 Å². The lowest BCUT2D eigenvalue weighted by Crippen LogP contribution is -2.54. The van der Waals surface area contributed by atoms with Gasteiger partial charge in [-0.2, -0.15) is 0 Å². The van der Waals surface area contributed by atoms with Crippen molar-refractivity contribution in [2.24, 2.45) is 0 Å². The Labute approximate surface area is 219 Å². The first-order valence-corrected chi connectivity index (χ1v) is 11.8. The molecule has 1 N–H and O–H groups in total. The number of methoxy groups -OCH3 is 2. The minimum absolute atomic E-state index is 0.0152. The number of carbonyl (C=O) groups is 3. The zero-order valence-electron chi connectivity index (χ0n) is 22.1. The molecule has 0 saturated carbocycles. The highest BCUT2D eigenvalue weighted by atomic mass is 16.6. The summed E-state index contributed by atoms with van der Waals surface area (Å²) in [7, 11) is 4.01. The molecule has 38 heavy (non-hydrogen) atoms. The summed E-state index contributed by atoms with van der Waals surface area (Å²) in [5.41, 5.74) is -0.225. The summed E-state index contributed by atoms with van der Waals surface area (Å²) in [5.74, 6) is -0.895. The zero-order chi connectivity index (χ0) is 28.2. The molecule has 2 aliphatic heterocycles. The lowest BCUT2D eigenvalue weighted by molar-refractivity contribution is -0.385. The van der Waals surface area contributed by atoms with E-state index in [0.717, 1.165) is 4.90 Å². The van der Waals surface area contributed by atoms with Crippen LogP contribution in [-0.2, 0) is 31.9 Å². The van der Waals surface area contributed by atoms with Gasteiger partial charge in [-0.3, -0.25) is 19.8 Å². The van der Waals surface area contributed by atoms with Crippen LogP contribution < -0.4 is 14.8 Å². The number of esters is 1. The average Bonchev–Trinajstić information content (AvgIpc) is 2.85. The fourth-order valence-electron chi connectivity index (χ4n) is 3.89. The molecule has 0 aromatic heterocycles. The number of ether oxygens (including phenoxy) is 4. The summed E-state index contributed by atoms with van der Waals surface area (Å²) in [6, 6.07) is 6.82. The Morgan fingerprint density at radius 1 is 1.08 bits per heavy atom. The first kappa shape index (κ1) is 28.2. The highest BCUT2D eigenvalue weighted by molar-refractivity contribution is 5.90. The maximum atomic E-state index is 13.5. The first-order valence-electron chi connectivity index (χ1n) is 11.8. The Bertz CT molecular complexity index is 1240. The van der Waals surface area contributed by atoms with Crippen molar-refractivity contribution in [1.82, 2.24) is 10.2 Å². The molecule has 2 amide bonds. The van der Waals surface area contributed by atoms with Crippen molar-refractivity contribution in [3.63, 3.8) is 0 Å². The van der Waals surface area contributed by atoms with Gasteiger partial charge in [0.25, 0.3) is 0 Å². The molecule has 0 aliphatic carbocycles. The SMILES string of the molecule is COC(=O)[C@@H]1Cc2ccc(OC)c(c2)Oc2ccc(cc2[N+](=O)[O-])CC(N(C)C(=O)OC(C)(C)C)C(=O)N1. The van der Waals surface area contributed by atoms with Crippen molar-refractivity contribution < 1.29 is 38.3 Å². The number of carbonyl (C=O) groups excluding carboxylic acids is 3. The molecular weight excluding hydrogens is 498 g/mol. The molecule has 0 fully saturated rings. The topological polar surface area (TPSA) is 147 Å². The molecule has 2 aromatic carbocycles. The molecule has 1 unspecified atom stereocenters. The number of likely N-dealkylation sites (N-methyl/N-ethyl adjacent to an activating group) is 1. The second-order valence-corrected chi connectivity index (χ2v) is 9.75. The smallest absolute Gasteiger partial charge is 0.410 e. The van der Waals surface area contributed by atoms with E-state index in [1.165, 1.54) is 33.4 Å². The second-order valence-electron chi connectivity index (χ2n) is 9.75. The van der Waals surface area contributed by atoms with E-state index in [2.05, 4.69) is 5.32 Å². The van der Waals surface area contributed by atoms with Crippen LogP contribution in [0, 0.1) is 10.1 Å². The van der Waals surface area contributed by atoms with E-state index in [1.54, 1.807) is 45.0 Å².